The van der Waals surface area contributed by atoms with Gasteiger partial charge in [0.2, 0.25) is 11.8 Å². The highest BCUT2D eigenvalue weighted by molar-refractivity contribution is 5.59. The van der Waals surface area contributed by atoms with Crippen molar-refractivity contribution in [2.45, 2.75) is 44.7 Å². The van der Waals surface area contributed by atoms with Crippen LogP contribution in [0.15, 0.2) is 28.7 Å². The Labute approximate surface area is 112 Å². The SMILES string of the molecule is C[C@H]1Cc2ccccc2N1Cc1nnc(C2CC2)o1. The summed E-state index contributed by atoms with van der Waals surface area (Å²) in [5.41, 5.74) is 2.72. The van der Waals surface area contributed by atoms with Crippen molar-refractivity contribution in [1.82, 2.24) is 10.2 Å². The van der Waals surface area contributed by atoms with Crippen molar-refractivity contribution in [2.75, 3.05) is 4.90 Å². The van der Waals surface area contributed by atoms with Crippen LogP contribution in [-0.2, 0) is 13.0 Å². The standard InChI is InChI=1S/C15H17N3O/c1-10-8-12-4-2-3-5-13(12)18(10)9-14-16-17-15(19-14)11-6-7-11/h2-5,10-11H,6-9H2,1H3/t10-/m0/s1. The van der Waals surface area contributed by atoms with Crippen LogP contribution in [0.4, 0.5) is 5.69 Å². The number of nitrogens with zero attached hydrogens (tertiary/aromatic N) is 3. The molecule has 0 saturated heterocycles. The van der Waals surface area contributed by atoms with Crippen molar-refractivity contribution in [1.29, 1.82) is 0 Å². The largest absolute Gasteiger partial charge is 0.423 e. The molecule has 2 aromatic rings. The number of anilines is 1. The third-order valence-electron chi connectivity index (χ3n) is 4.06. The zero-order valence-corrected chi connectivity index (χ0v) is 11.0. The highest BCUT2D eigenvalue weighted by Crippen LogP contribution is 2.39. The molecule has 0 unspecified atom stereocenters. The van der Waals surface area contributed by atoms with Crippen LogP contribution in [0, 0.1) is 0 Å². The lowest BCUT2D eigenvalue weighted by Crippen LogP contribution is -2.28. The minimum Gasteiger partial charge on any atom is -0.423 e. The first-order valence-electron chi connectivity index (χ1n) is 6.98. The molecule has 4 rings (SSSR count). The number of fused-ring (bicyclic) bond motifs is 1. The number of benzene rings is 1. The van der Waals surface area contributed by atoms with Crippen LogP contribution >= 0.6 is 0 Å². The Morgan fingerprint density at radius 2 is 2.11 bits per heavy atom. The van der Waals surface area contributed by atoms with Crippen LogP contribution in [0.5, 0.6) is 0 Å². The summed E-state index contributed by atoms with van der Waals surface area (Å²) < 4.78 is 5.77. The summed E-state index contributed by atoms with van der Waals surface area (Å²) in [7, 11) is 0. The van der Waals surface area contributed by atoms with E-state index in [9.17, 15) is 0 Å². The summed E-state index contributed by atoms with van der Waals surface area (Å²) >= 11 is 0. The third-order valence-corrected chi connectivity index (χ3v) is 4.06. The molecule has 1 aromatic carbocycles. The molecule has 0 spiro atoms. The van der Waals surface area contributed by atoms with Crippen LogP contribution in [0.1, 0.15) is 43.0 Å². The number of aromatic nitrogens is 2. The van der Waals surface area contributed by atoms with E-state index < -0.39 is 0 Å². The number of rotatable bonds is 3. The van der Waals surface area contributed by atoms with Gasteiger partial charge in [-0.3, -0.25) is 0 Å². The molecule has 1 fully saturated rings. The third kappa shape index (κ3) is 1.91. The predicted octanol–water partition coefficient (Wildman–Crippen LogP) is 2.90. The fraction of sp³-hybridized carbons (Fsp3) is 0.467. The molecule has 0 N–H and O–H groups in total. The van der Waals surface area contributed by atoms with Gasteiger partial charge in [-0.05, 0) is 37.8 Å². The van der Waals surface area contributed by atoms with Gasteiger partial charge in [0.05, 0.1) is 6.54 Å². The summed E-state index contributed by atoms with van der Waals surface area (Å²) in [5, 5.41) is 8.35. The van der Waals surface area contributed by atoms with Crippen LogP contribution in [0.25, 0.3) is 0 Å². The first-order valence-corrected chi connectivity index (χ1v) is 6.98. The van der Waals surface area contributed by atoms with E-state index in [2.05, 4.69) is 46.3 Å². The van der Waals surface area contributed by atoms with E-state index in [-0.39, 0.29) is 0 Å². The molecular formula is C15H17N3O. The van der Waals surface area contributed by atoms with Gasteiger partial charge in [0.25, 0.3) is 0 Å². The maximum absolute atomic E-state index is 5.77. The molecule has 1 aliphatic carbocycles. The fourth-order valence-electron chi connectivity index (χ4n) is 2.84. The van der Waals surface area contributed by atoms with Crippen LogP contribution in [-0.4, -0.2) is 16.2 Å². The molecule has 98 valence electrons. The first kappa shape index (κ1) is 11.0. The maximum atomic E-state index is 5.77. The van der Waals surface area contributed by atoms with Crippen molar-refractivity contribution >= 4 is 5.69 Å². The first-order chi connectivity index (χ1) is 9.31. The minimum absolute atomic E-state index is 0.494. The van der Waals surface area contributed by atoms with Crippen molar-refractivity contribution in [3.05, 3.63) is 41.6 Å². The lowest BCUT2D eigenvalue weighted by molar-refractivity contribution is 0.441. The van der Waals surface area contributed by atoms with E-state index in [1.54, 1.807) is 0 Å². The molecule has 0 amide bonds. The van der Waals surface area contributed by atoms with E-state index in [0.29, 0.717) is 12.0 Å². The smallest absolute Gasteiger partial charge is 0.235 e. The highest BCUT2D eigenvalue weighted by Gasteiger charge is 2.31. The molecule has 19 heavy (non-hydrogen) atoms. The summed E-state index contributed by atoms with van der Waals surface area (Å²) in [6.07, 6.45) is 3.50. The van der Waals surface area contributed by atoms with Crippen molar-refractivity contribution in [3.8, 4) is 0 Å². The van der Waals surface area contributed by atoms with Gasteiger partial charge in [-0.2, -0.15) is 0 Å². The lowest BCUT2D eigenvalue weighted by Gasteiger charge is -2.22. The molecule has 1 saturated carbocycles. The zero-order chi connectivity index (χ0) is 12.8. The van der Waals surface area contributed by atoms with Crippen molar-refractivity contribution in [2.24, 2.45) is 0 Å². The summed E-state index contributed by atoms with van der Waals surface area (Å²) in [4.78, 5) is 2.36. The topological polar surface area (TPSA) is 42.2 Å². The van der Waals surface area contributed by atoms with Crippen LogP contribution < -0.4 is 4.90 Å². The van der Waals surface area contributed by atoms with E-state index in [1.807, 2.05) is 0 Å². The van der Waals surface area contributed by atoms with Gasteiger partial charge in [0.1, 0.15) is 0 Å². The average Bonchev–Trinajstić information content (AvgIpc) is 3.09. The normalized spacial score (nSPS) is 21.7. The molecule has 4 heteroatoms. The van der Waals surface area contributed by atoms with Crippen molar-refractivity contribution < 1.29 is 4.42 Å². The second kappa shape index (κ2) is 4.08. The average molecular weight is 255 g/mol. The van der Waals surface area contributed by atoms with E-state index in [1.165, 1.54) is 24.1 Å². The Morgan fingerprint density at radius 1 is 1.26 bits per heavy atom. The van der Waals surface area contributed by atoms with Gasteiger partial charge in [0, 0.05) is 17.6 Å². The number of hydrogen-bond donors (Lipinski definition) is 0. The molecule has 0 bridgehead atoms. The van der Waals surface area contributed by atoms with E-state index in [4.69, 9.17) is 4.42 Å². The fourth-order valence-corrected chi connectivity index (χ4v) is 2.84. The van der Waals surface area contributed by atoms with Gasteiger partial charge < -0.3 is 9.32 Å². The van der Waals surface area contributed by atoms with Gasteiger partial charge in [-0.15, -0.1) is 10.2 Å². The Bertz CT molecular complexity index is 603. The van der Waals surface area contributed by atoms with Crippen LogP contribution in [0.3, 0.4) is 0 Å². The van der Waals surface area contributed by atoms with E-state index >= 15 is 0 Å². The molecular weight excluding hydrogens is 238 g/mol. The second-order valence-electron chi connectivity index (χ2n) is 5.62. The Morgan fingerprint density at radius 3 is 2.95 bits per heavy atom. The molecule has 1 aliphatic heterocycles. The Balaban J connectivity index is 1.58. The Hall–Kier alpha value is -1.84. The highest BCUT2D eigenvalue weighted by atomic mass is 16.4. The summed E-state index contributed by atoms with van der Waals surface area (Å²) in [6.45, 7) is 2.97. The lowest BCUT2D eigenvalue weighted by atomic mass is 10.1. The molecule has 0 radical (unpaired) electrons. The van der Waals surface area contributed by atoms with Crippen LogP contribution in [0.2, 0.25) is 0 Å². The van der Waals surface area contributed by atoms with Gasteiger partial charge in [0.15, 0.2) is 0 Å². The van der Waals surface area contributed by atoms with Crippen molar-refractivity contribution in [3.63, 3.8) is 0 Å². The molecule has 2 heterocycles. The summed E-state index contributed by atoms with van der Waals surface area (Å²) in [6, 6.07) is 9.07. The summed E-state index contributed by atoms with van der Waals surface area (Å²) in [5.74, 6) is 2.10. The van der Waals surface area contributed by atoms with E-state index in [0.717, 1.165) is 24.7 Å². The number of hydrogen-bond acceptors (Lipinski definition) is 4. The van der Waals surface area contributed by atoms with Gasteiger partial charge in [-0.25, -0.2) is 0 Å². The minimum atomic E-state index is 0.494. The quantitative estimate of drug-likeness (QED) is 0.845. The van der Waals surface area contributed by atoms with Gasteiger partial charge >= 0.3 is 0 Å². The molecule has 1 aromatic heterocycles. The molecule has 4 nitrogen and oxygen atoms in total. The number of para-hydroxylation sites is 1. The second-order valence-corrected chi connectivity index (χ2v) is 5.62. The van der Waals surface area contributed by atoms with Gasteiger partial charge in [-0.1, -0.05) is 18.2 Å². The monoisotopic (exact) mass is 255 g/mol. The maximum Gasteiger partial charge on any atom is 0.235 e. The Kier molecular flexibility index (Phi) is 2.37. The molecule has 1 atom stereocenters. The predicted molar refractivity (Wildman–Crippen MR) is 72.1 cm³/mol. The zero-order valence-electron chi connectivity index (χ0n) is 11.0. The molecule has 2 aliphatic rings.